The van der Waals surface area contributed by atoms with Crippen molar-refractivity contribution in [1.82, 2.24) is 14.8 Å². The fraction of sp³-hybridized carbons (Fsp3) is 0.300. The van der Waals surface area contributed by atoms with Crippen molar-refractivity contribution in [3.05, 3.63) is 59.5 Å². The molecule has 158 valence electrons. The molecule has 1 aliphatic rings. The number of alkyl halides is 3. The molecular formula is C20H21F3N6O. The van der Waals surface area contributed by atoms with Crippen LogP contribution < -0.4 is 15.5 Å². The number of hydrogen-bond donors (Lipinski definition) is 3. The Morgan fingerprint density at radius 3 is 2.63 bits per heavy atom. The summed E-state index contributed by atoms with van der Waals surface area (Å²) in [4.78, 5) is 6.49. The molecule has 0 bridgehead atoms. The molecule has 1 unspecified atom stereocenters. The molecule has 2 aromatic heterocycles. The lowest BCUT2D eigenvalue weighted by atomic mass is 10.1. The third-order valence-corrected chi connectivity index (χ3v) is 4.90. The van der Waals surface area contributed by atoms with Gasteiger partial charge in [0, 0.05) is 25.9 Å². The van der Waals surface area contributed by atoms with Crippen LogP contribution in [0.5, 0.6) is 0 Å². The van der Waals surface area contributed by atoms with Crippen LogP contribution in [0, 0.1) is 6.92 Å². The number of pyridine rings is 1. The second-order valence-corrected chi connectivity index (χ2v) is 7.19. The highest BCUT2D eigenvalue weighted by molar-refractivity contribution is 5.77. The topological polar surface area (TPSA) is 78.2 Å². The van der Waals surface area contributed by atoms with Crippen LogP contribution in [0.25, 0.3) is 5.69 Å². The summed E-state index contributed by atoms with van der Waals surface area (Å²) in [5.41, 5.74) is 3.10. The number of anilines is 3. The van der Waals surface area contributed by atoms with Crippen molar-refractivity contribution < 1.29 is 18.3 Å². The smallest absolute Gasteiger partial charge is 0.372 e. The number of nitrogens with one attached hydrogen (secondary N) is 2. The third kappa shape index (κ3) is 4.04. The summed E-state index contributed by atoms with van der Waals surface area (Å²) in [6, 6.07) is 9.95. The molecule has 3 heterocycles. The first-order valence-electron chi connectivity index (χ1n) is 9.34. The maximum absolute atomic E-state index is 12.7. The van der Waals surface area contributed by atoms with E-state index in [1.807, 2.05) is 37.1 Å². The number of nitrogens with zero attached hydrogens (tertiary/aromatic N) is 4. The molecule has 7 nitrogen and oxygen atoms in total. The lowest BCUT2D eigenvalue weighted by molar-refractivity contribution is -0.141. The lowest BCUT2D eigenvalue weighted by Gasteiger charge is -2.33. The lowest BCUT2D eigenvalue weighted by Crippen LogP contribution is -2.39. The monoisotopic (exact) mass is 418 g/mol. The first kappa shape index (κ1) is 20.0. The van der Waals surface area contributed by atoms with E-state index in [4.69, 9.17) is 0 Å². The highest BCUT2D eigenvalue weighted by Crippen LogP contribution is 2.34. The minimum atomic E-state index is -4.46. The van der Waals surface area contributed by atoms with E-state index < -0.39 is 18.1 Å². The van der Waals surface area contributed by atoms with Crippen molar-refractivity contribution in [2.24, 2.45) is 0 Å². The molecule has 1 atom stereocenters. The van der Waals surface area contributed by atoms with Gasteiger partial charge in [0.25, 0.3) is 0 Å². The number of rotatable bonds is 4. The predicted molar refractivity (Wildman–Crippen MR) is 108 cm³/mol. The van der Waals surface area contributed by atoms with E-state index in [0.717, 1.165) is 28.7 Å². The molecule has 0 fully saturated rings. The third-order valence-electron chi connectivity index (χ3n) is 4.90. The van der Waals surface area contributed by atoms with Crippen LogP contribution in [-0.2, 0) is 12.7 Å². The molecule has 3 N–H and O–H groups in total. The van der Waals surface area contributed by atoms with Gasteiger partial charge in [-0.2, -0.15) is 18.3 Å². The van der Waals surface area contributed by atoms with Gasteiger partial charge in [-0.05, 0) is 30.7 Å². The first-order valence-corrected chi connectivity index (χ1v) is 9.34. The van der Waals surface area contributed by atoms with Gasteiger partial charge in [-0.25, -0.2) is 9.67 Å². The molecule has 30 heavy (non-hydrogen) atoms. The number of halogens is 3. The van der Waals surface area contributed by atoms with Gasteiger partial charge in [-0.3, -0.25) is 0 Å². The summed E-state index contributed by atoms with van der Waals surface area (Å²) in [6.45, 7) is 2.84. The minimum Gasteiger partial charge on any atom is -0.372 e. The average molecular weight is 418 g/mol. The van der Waals surface area contributed by atoms with Gasteiger partial charge in [-0.1, -0.05) is 12.1 Å². The first-order chi connectivity index (χ1) is 14.2. The van der Waals surface area contributed by atoms with Crippen molar-refractivity contribution in [2.45, 2.75) is 25.9 Å². The van der Waals surface area contributed by atoms with Crippen molar-refractivity contribution in [3.8, 4) is 5.69 Å². The number of aromatic nitrogens is 3. The van der Waals surface area contributed by atoms with E-state index in [-0.39, 0.29) is 0 Å². The SMILES string of the molecule is Cc1nc(NCc2ccc(-n3ccc(C(F)(F)F)n3)cc2)cc2c1NC(O)CN2C. The van der Waals surface area contributed by atoms with Gasteiger partial charge in [0.2, 0.25) is 0 Å². The number of aryl methyl sites for hydroxylation is 1. The van der Waals surface area contributed by atoms with Gasteiger partial charge in [-0.15, -0.1) is 0 Å². The normalized spacial score (nSPS) is 16.2. The van der Waals surface area contributed by atoms with E-state index in [9.17, 15) is 18.3 Å². The Labute approximate surface area is 171 Å². The summed E-state index contributed by atoms with van der Waals surface area (Å²) >= 11 is 0. The molecular weight excluding hydrogens is 397 g/mol. The minimum absolute atomic E-state index is 0.473. The van der Waals surface area contributed by atoms with Crippen molar-refractivity contribution in [2.75, 3.05) is 29.1 Å². The molecule has 10 heteroatoms. The molecule has 1 aromatic carbocycles. The largest absolute Gasteiger partial charge is 0.435 e. The number of benzene rings is 1. The molecule has 3 aromatic rings. The number of aliphatic hydroxyl groups is 1. The van der Waals surface area contributed by atoms with Gasteiger partial charge < -0.3 is 20.6 Å². The zero-order valence-electron chi connectivity index (χ0n) is 16.4. The molecule has 0 spiro atoms. The summed E-state index contributed by atoms with van der Waals surface area (Å²) in [5.74, 6) is 0.697. The molecule has 1 aliphatic heterocycles. The van der Waals surface area contributed by atoms with Crippen molar-refractivity contribution >= 4 is 17.2 Å². The fourth-order valence-electron chi connectivity index (χ4n) is 3.37. The maximum Gasteiger partial charge on any atom is 0.435 e. The van der Waals surface area contributed by atoms with Crippen LogP contribution in [0.2, 0.25) is 0 Å². The summed E-state index contributed by atoms with van der Waals surface area (Å²) in [7, 11) is 1.91. The second-order valence-electron chi connectivity index (χ2n) is 7.19. The Morgan fingerprint density at radius 1 is 1.23 bits per heavy atom. The number of β-amino-alcohol motifs (C(OH)–C–C–N with tert-alkyl or cyclic N) is 1. The highest BCUT2D eigenvalue weighted by atomic mass is 19.4. The molecule has 0 amide bonds. The van der Waals surface area contributed by atoms with Crippen LogP contribution in [0.15, 0.2) is 42.6 Å². The number of likely N-dealkylation sites (N-methyl/N-ethyl adjacent to an activating group) is 1. The van der Waals surface area contributed by atoms with Crippen LogP contribution in [-0.4, -0.2) is 39.7 Å². The molecule has 0 saturated carbocycles. The van der Waals surface area contributed by atoms with E-state index in [2.05, 4.69) is 20.7 Å². The highest BCUT2D eigenvalue weighted by Gasteiger charge is 2.33. The summed E-state index contributed by atoms with van der Waals surface area (Å²) in [6.07, 6.45) is -3.81. The van der Waals surface area contributed by atoms with Gasteiger partial charge in [0.15, 0.2) is 5.69 Å². The Hall–Kier alpha value is -3.27. The quantitative estimate of drug-likeness (QED) is 0.603. The molecule has 0 radical (unpaired) electrons. The number of fused-ring (bicyclic) bond motifs is 1. The Balaban J connectivity index is 1.45. The van der Waals surface area contributed by atoms with Crippen molar-refractivity contribution in [3.63, 3.8) is 0 Å². The Bertz CT molecular complexity index is 1050. The maximum atomic E-state index is 12.7. The van der Waals surface area contributed by atoms with E-state index in [1.54, 1.807) is 12.1 Å². The zero-order chi connectivity index (χ0) is 21.5. The zero-order valence-corrected chi connectivity index (χ0v) is 16.4. The van der Waals surface area contributed by atoms with E-state index >= 15 is 0 Å². The van der Waals surface area contributed by atoms with E-state index in [1.165, 1.54) is 10.9 Å². The predicted octanol–water partition coefficient (Wildman–Crippen LogP) is 3.39. The van der Waals surface area contributed by atoms with E-state index in [0.29, 0.717) is 24.6 Å². The Kier molecular flexibility index (Phi) is 5.02. The van der Waals surface area contributed by atoms with Gasteiger partial charge >= 0.3 is 6.18 Å². The standard InChI is InChI=1S/C20H21F3N6O/c1-12-19-15(28(2)11-18(30)26-19)9-17(25-12)24-10-13-3-5-14(6-4-13)29-8-7-16(27-29)20(21,22)23/h3-9,18,26,30H,10-11H2,1-2H3,(H,24,25). The Morgan fingerprint density at radius 2 is 1.97 bits per heavy atom. The molecule has 0 aliphatic carbocycles. The molecule has 0 saturated heterocycles. The van der Waals surface area contributed by atoms with Crippen LogP contribution >= 0.6 is 0 Å². The summed E-state index contributed by atoms with van der Waals surface area (Å²) in [5, 5.41) is 19.7. The van der Waals surface area contributed by atoms with Gasteiger partial charge in [0.1, 0.15) is 12.0 Å². The van der Waals surface area contributed by atoms with Crippen LogP contribution in [0.4, 0.5) is 30.4 Å². The molecule has 4 rings (SSSR count). The van der Waals surface area contributed by atoms with Gasteiger partial charge in [0.05, 0.1) is 29.3 Å². The average Bonchev–Trinajstić information content (AvgIpc) is 3.18. The van der Waals surface area contributed by atoms with Crippen LogP contribution in [0.1, 0.15) is 17.0 Å². The second kappa shape index (κ2) is 7.52. The fourth-order valence-corrected chi connectivity index (χ4v) is 3.37. The number of aliphatic hydroxyl groups excluding tert-OH is 1. The van der Waals surface area contributed by atoms with Crippen molar-refractivity contribution in [1.29, 1.82) is 0 Å². The van der Waals surface area contributed by atoms with Crippen LogP contribution in [0.3, 0.4) is 0 Å². The summed E-state index contributed by atoms with van der Waals surface area (Å²) < 4.78 is 39.3. The number of hydrogen-bond acceptors (Lipinski definition) is 6.